The topological polar surface area (TPSA) is 134 Å². The van der Waals surface area contributed by atoms with Crippen LogP contribution >= 0.6 is 0 Å². The summed E-state index contributed by atoms with van der Waals surface area (Å²) in [5.41, 5.74) is 1.30. The fraction of sp³-hybridized carbons (Fsp3) is 0.158. The Balaban J connectivity index is 2.10. The van der Waals surface area contributed by atoms with E-state index < -0.39 is 16.4 Å². The van der Waals surface area contributed by atoms with E-state index in [1.165, 1.54) is 18.2 Å². The summed E-state index contributed by atoms with van der Waals surface area (Å²) < 4.78 is 10.4. The molecule has 9 heteroatoms. The third-order valence-electron chi connectivity index (χ3n) is 3.95. The fourth-order valence-corrected chi connectivity index (χ4v) is 2.67. The van der Waals surface area contributed by atoms with Crippen molar-refractivity contribution >= 4 is 28.4 Å². The van der Waals surface area contributed by atoms with Gasteiger partial charge in [0.2, 0.25) is 5.75 Å². The Hall–Kier alpha value is -4.06. The van der Waals surface area contributed by atoms with Crippen molar-refractivity contribution in [2.24, 2.45) is 0 Å². The van der Waals surface area contributed by atoms with Crippen LogP contribution in [0.25, 0.3) is 22.7 Å². The first kappa shape index (κ1) is 18.7. The number of phenolic OH excluding ortho intramolecular Hbond substituents is 1. The normalized spacial score (nSPS) is 11.2. The molecule has 0 spiro atoms. The predicted molar refractivity (Wildman–Crippen MR) is 102 cm³/mol. The zero-order valence-electron chi connectivity index (χ0n) is 15.1. The van der Waals surface area contributed by atoms with E-state index in [1.807, 2.05) is 6.07 Å². The number of fused-ring (bicyclic) bond motifs is 1. The Kier molecular flexibility index (Phi) is 5.13. The number of methoxy groups -OCH3 is 1. The van der Waals surface area contributed by atoms with Crippen LogP contribution in [-0.4, -0.2) is 33.7 Å². The average molecular weight is 380 g/mol. The molecule has 0 saturated heterocycles. The number of hydrogen-bond acceptors (Lipinski definition) is 7. The van der Waals surface area contributed by atoms with Gasteiger partial charge in [-0.3, -0.25) is 10.1 Å². The molecule has 0 aliphatic carbocycles. The smallest absolute Gasteiger partial charge is 0.315 e. The van der Waals surface area contributed by atoms with E-state index in [1.54, 1.807) is 32.2 Å². The van der Waals surface area contributed by atoms with Crippen molar-refractivity contribution < 1.29 is 19.5 Å². The number of phenols is 1. The predicted octanol–water partition coefficient (Wildman–Crippen LogP) is 3.65. The standard InChI is InChI=1S/C19H16N4O5/c1-3-28-17-8-11(7-16(18(17)24)23(25)26)6-12(10-20)19-21-14-5-4-13(27-2)9-15(14)22-19/h4-9,24H,3H2,1-2H3,(H,21,22)/b12-6-. The third kappa shape index (κ3) is 3.57. The molecule has 0 unspecified atom stereocenters. The van der Waals surface area contributed by atoms with Gasteiger partial charge in [-0.05, 0) is 36.8 Å². The maximum Gasteiger partial charge on any atom is 0.315 e. The number of H-pyrrole nitrogens is 1. The van der Waals surface area contributed by atoms with E-state index >= 15 is 0 Å². The number of nitrogens with zero attached hydrogens (tertiary/aromatic N) is 3. The second-order valence-corrected chi connectivity index (χ2v) is 5.72. The summed E-state index contributed by atoms with van der Waals surface area (Å²) >= 11 is 0. The highest BCUT2D eigenvalue weighted by molar-refractivity contribution is 5.91. The minimum absolute atomic E-state index is 0.0328. The number of ether oxygens (including phenoxy) is 2. The van der Waals surface area contributed by atoms with Gasteiger partial charge < -0.3 is 19.6 Å². The molecule has 0 fully saturated rings. The number of aromatic hydroxyl groups is 1. The lowest BCUT2D eigenvalue weighted by Gasteiger charge is -2.07. The van der Waals surface area contributed by atoms with Crippen molar-refractivity contribution in [2.75, 3.05) is 13.7 Å². The number of nitro benzene ring substituents is 1. The Morgan fingerprint density at radius 2 is 2.21 bits per heavy atom. The van der Waals surface area contributed by atoms with Gasteiger partial charge in [-0.2, -0.15) is 5.26 Å². The van der Waals surface area contributed by atoms with Crippen molar-refractivity contribution in [3.05, 3.63) is 51.8 Å². The minimum Gasteiger partial charge on any atom is -0.500 e. The molecule has 0 aliphatic heterocycles. The van der Waals surface area contributed by atoms with E-state index in [0.717, 1.165) is 0 Å². The third-order valence-corrected chi connectivity index (χ3v) is 3.95. The molecule has 9 nitrogen and oxygen atoms in total. The summed E-state index contributed by atoms with van der Waals surface area (Å²) in [6.45, 7) is 1.91. The fourth-order valence-electron chi connectivity index (χ4n) is 2.67. The van der Waals surface area contributed by atoms with Crippen molar-refractivity contribution in [2.45, 2.75) is 6.92 Å². The molecule has 1 aromatic heterocycles. The molecule has 3 aromatic rings. The summed E-state index contributed by atoms with van der Waals surface area (Å²) in [6.07, 6.45) is 1.43. The number of hydrogen-bond donors (Lipinski definition) is 2. The molecular formula is C19H16N4O5. The molecule has 0 amide bonds. The number of aromatic nitrogens is 2. The second-order valence-electron chi connectivity index (χ2n) is 5.72. The van der Waals surface area contributed by atoms with Crippen LogP contribution in [-0.2, 0) is 0 Å². The highest BCUT2D eigenvalue weighted by atomic mass is 16.6. The first-order valence-corrected chi connectivity index (χ1v) is 8.27. The van der Waals surface area contributed by atoms with E-state index in [9.17, 15) is 20.5 Å². The van der Waals surface area contributed by atoms with Crippen LogP contribution in [0, 0.1) is 21.4 Å². The van der Waals surface area contributed by atoms with Gasteiger partial charge in [0, 0.05) is 12.1 Å². The van der Waals surface area contributed by atoms with Crippen LogP contribution in [0.1, 0.15) is 18.3 Å². The average Bonchev–Trinajstić information content (AvgIpc) is 3.11. The van der Waals surface area contributed by atoms with E-state index in [-0.39, 0.29) is 17.9 Å². The van der Waals surface area contributed by atoms with Gasteiger partial charge in [-0.1, -0.05) is 0 Å². The SMILES string of the molecule is CCOc1cc(/C=C(/C#N)c2nc3ccc(OC)cc3[nH]2)cc([N+](=O)[O-])c1O. The summed E-state index contributed by atoms with van der Waals surface area (Å²) in [6, 6.07) is 9.88. The zero-order chi connectivity index (χ0) is 20.3. The number of nitro groups is 1. The number of imidazole rings is 1. The lowest BCUT2D eigenvalue weighted by molar-refractivity contribution is -0.386. The number of nitrogens with one attached hydrogen (secondary N) is 1. The van der Waals surface area contributed by atoms with Gasteiger partial charge in [0.25, 0.3) is 0 Å². The van der Waals surface area contributed by atoms with Gasteiger partial charge in [0.05, 0.1) is 35.2 Å². The second kappa shape index (κ2) is 7.67. The van der Waals surface area contributed by atoms with Crippen LogP contribution in [0.4, 0.5) is 5.69 Å². The molecule has 2 N–H and O–H groups in total. The number of rotatable bonds is 6. The summed E-state index contributed by atoms with van der Waals surface area (Å²) in [5.74, 6) is 0.355. The van der Waals surface area contributed by atoms with Gasteiger partial charge in [0.1, 0.15) is 17.6 Å². The highest BCUT2D eigenvalue weighted by Crippen LogP contribution is 2.38. The van der Waals surface area contributed by atoms with Crippen molar-refractivity contribution in [1.82, 2.24) is 9.97 Å². The molecule has 142 valence electrons. The largest absolute Gasteiger partial charge is 0.500 e. The van der Waals surface area contributed by atoms with Gasteiger partial charge in [0.15, 0.2) is 5.75 Å². The molecule has 0 bridgehead atoms. The number of nitriles is 1. The minimum atomic E-state index is -0.714. The Morgan fingerprint density at radius 3 is 2.86 bits per heavy atom. The number of benzene rings is 2. The van der Waals surface area contributed by atoms with Crippen molar-refractivity contribution in [3.63, 3.8) is 0 Å². The number of aromatic amines is 1. The molecule has 0 saturated carbocycles. The summed E-state index contributed by atoms with van der Waals surface area (Å²) in [4.78, 5) is 17.9. The molecule has 1 heterocycles. The maximum atomic E-state index is 11.2. The molecule has 2 aromatic carbocycles. The molecular weight excluding hydrogens is 364 g/mol. The summed E-state index contributed by atoms with van der Waals surface area (Å²) in [5, 5.41) is 30.7. The first-order valence-electron chi connectivity index (χ1n) is 8.27. The molecule has 0 radical (unpaired) electrons. The number of allylic oxidation sites excluding steroid dienone is 1. The van der Waals surface area contributed by atoms with Crippen LogP contribution in [0.5, 0.6) is 17.2 Å². The van der Waals surface area contributed by atoms with Crippen LogP contribution in [0.15, 0.2) is 30.3 Å². The zero-order valence-corrected chi connectivity index (χ0v) is 15.1. The molecule has 0 atom stereocenters. The lowest BCUT2D eigenvalue weighted by atomic mass is 10.1. The van der Waals surface area contributed by atoms with Crippen LogP contribution < -0.4 is 9.47 Å². The lowest BCUT2D eigenvalue weighted by Crippen LogP contribution is -1.96. The van der Waals surface area contributed by atoms with E-state index in [2.05, 4.69) is 9.97 Å². The summed E-state index contributed by atoms with van der Waals surface area (Å²) in [7, 11) is 1.55. The molecule has 0 aliphatic rings. The van der Waals surface area contributed by atoms with E-state index in [4.69, 9.17) is 9.47 Å². The van der Waals surface area contributed by atoms with Gasteiger partial charge >= 0.3 is 5.69 Å². The Bertz CT molecular complexity index is 1130. The van der Waals surface area contributed by atoms with Crippen LogP contribution in [0.3, 0.4) is 0 Å². The van der Waals surface area contributed by atoms with E-state index in [0.29, 0.717) is 28.2 Å². The Morgan fingerprint density at radius 1 is 1.43 bits per heavy atom. The van der Waals surface area contributed by atoms with Gasteiger partial charge in [-0.15, -0.1) is 0 Å². The van der Waals surface area contributed by atoms with Gasteiger partial charge in [-0.25, -0.2) is 4.98 Å². The highest BCUT2D eigenvalue weighted by Gasteiger charge is 2.20. The quantitative estimate of drug-likeness (QED) is 0.378. The monoisotopic (exact) mass is 380 g/mol. The van der Waals surface area contributed by atoms with Crippen molar-refractivity contribution in [1.29, 1.82) is 5.26 Å². The molecule has 28 heavy (non-hydrogen) atoms. The van der Waals surface area contributed by atoms with Crippen LogP contribution in [0.2, 0.25) is 0 Å². The molecule has 3 rings (SSSR count). The maximum absolute atomic E-state index is 11.2. The Labute approximate surface area is 159 Å². The first-order chi connectivity index (χ1) is 13.5. The van der Waals surface area contributed by atoms with Crippen molar-refractivity contribution in [3.8, 4) is 23.3 Å².